The van der Waals surface area contributed by atoms with Crippen molar-refractivity contribution in [3.63, 3.8) is 0 Å². The van der Waals surface area contributed by atoms with E-state index >= 15 is 0 Å². The molecule has 2 rings (SSSR count). The highest BCUT2D eigenvalue weighted by Crippen LogP contribution is 2.27. The molecule has 0 bridgehead atoms. The maximum atomic E-state index is 12.1. The molecule has 20 heavy (non-hydrogen) atoms. The molecule has 1 atom stereocenters. The zero-order chi connectivity index (χ0) is 14.5. The van der Waals surface area contributed by atoms with Crippen LogP contribution >= 0.6 is 11.6 Å². The monoisotopic (exact) mass is 300 g/mol. The predicted molar refractivity (Wildman–Crippen MR) is 76.3 cm³/mol. The number of aromatic nitrogens is 1. The third-order valence-corrected chi connectivity index (χ3v) is 3.15. The third kappa shape index (κ3) is 3.55. The molecule has 6 heteroatoms. The van der Waals surface area contributed by atoms with Crippen LogP contribution in [0.25, 0.3) is 10.9 Å². The molecule has 1 aromatic heterocycles. The van der Waals surface area contributed by atoms with Gasteiger partial charge >= 0.3 is 6.61 Å². The molecule has 108 valence electrons. The van der Waals surface area contributed by atoms with Crippen molar-refractivity contribution in [2.24, 2.45) is 0 Å². The molecule has 2 aromatic rings. The van der Waals surface area contributed by atoms with Gasteiger partial charge in [-0.25, -0.2) is 0 Å². The Morgan fingerprint density at radius 1 is 1.35 bits per heavy atom. The molecule has 3 nitrogen and oxygen atoms in total. The van der Waals surface area contributed by atoms with Crippen LogP contribution in [0.3, 0.4) is 0 Å². The molecule has 0 spiro atoms. The van der Waals surface area contributed by atoms with Gasteiger partial charge in [-0.2, -0.15) is 8.78 Å². The number of hydrogen-bond donors (Lipinski definition) is 1. The van der Waals surface area contributed by atoms with E-state index < -0.39 is 6.61 Å². The van der Waals surface area contributed by atoms with E-state index in [1.165, 1.54) is 0 Å². The Kier molecular flexibility index (Phi) is 5.09. The number of fused-ring (bicyclic) bond motifs is 1. The second-order valence-corrected chi connectivity index (χ2v) is 4.72. The lowest BCUT2D eigenvalue weighted by molar-refractivity contribution is -0.130. The van der Waals surface area contributed by atoms with Gasteiger partial charge in [-0.3, -0.25) is 4.98 Å². The minimum Gasteiger partial charge on any atom is -0.379 e. The van der Waals surface area contributed by atoms with Gasteiger partial charge in [-0.1, -0.05) is 18.2 Å². The number of hydrogen-bond acceptors (Lipinski definition) is 3. The maximum Gasteiger partial charge on any atom is 0.345 e. The molecular formula is C14H15ClF2N2O. The Balaban J connectivity index is 2.27. The average molecular weight is 301 g/mol. The summed E-state index contributed by atoms with van der Waals surface area (Å²) >= 11 is 5.91. The number of anilines is 1. The molecule has 0 unspecified atom stereocenters. The van der Waals surface area contributed by atoms with Crippen molar-refractivity contribution in [1.29, 1.82) is 0 Å². The van der Waals surface area contributed by atoms with Crippen LogP contribution in [-0.4, -0.2) is 24.2 Å². The van der Waals surface area contributed by atoms with Crippen molar-refractivity contribution in [3.8, 4) is 0 Å². The first kappa shape index (κ1) is 14.9. The van der Waals surface area contributed by atoms with Crippen molar-refractivity contribution in [3.05, 3.63) is 36.0 Å². The Labute approximate surface area is 120 Å². The van der Waals surface area contributed by atoms with Gasteiger partial charge < -0.3 is 10.1 Å². The molecule has 0 saturated heterocycles. The highest BCUT2D eigenvalue weighted by atomic mass is 35.5. The fraction of sp³-hybridized carbons (Fsp3) is 0.357. The molecule has 0 fully saturated rings. The van der Waals surface area contributed by atoms with Crippen LogP contribution in [-0.2, 0) is 10.6 Å². The fourth-order valence-electron chi connectivity index (χ4n) is 1.96. The van der Waals surface area contributed by atoms with Gasteiger partial charge in [0.05, 0.1) is 18.0 Å². The van der Waals surface area contributed by atoms with E-state index in [0.29, 0.717) is 5.88 Å². The molecule has 1 N–H and O–H groups in total. The van der Waals surface area contributed by atoms with Gasteiger partial charge in [0.1, 0.15) is 0 Å². The molecule has 0 amide bonds. The van der Waals surface area contributed by atoms with Crippen LogP contribution in [0.2, 0.25) is 0 Å². The molecule has 0 aliphatic carbocycles. The number of alkyl halides is 3. The van der Waals surface area contributed by atoms with Gasteiger partial charge in [0, 0.05) is 28.9 Å². The summed E-state index contributed by atoms with van der Waals surface area (Å²) in [4.78, 5) is 4.32. The van der Waals surface area contributed by atoms with Crippen LogP contribution < -0.4 is 5.32 Å². The van der Waals surface area contributed by atoms with Crippen LogP contribution in [0.5, 0.6) is 0 Å². The first-order chi connectivity index (χ1) is 9.61. The van der Waals surface area contributed by atoms with Crippen LogP contribution in [0, 0.1) is 0 Å². The molecular weight excluding hydrogens is 286 g/mol. The summed E-state index contributed by atoms with van der Waals surface area (Å²) in [6, 6.07) is 7.33. The number of nitrogens with one attached hydrogen (secondary N) is 1. The van der Waals surface area contributed by atoms with E-state index in [0.717, 1.165) is 22.2 Å². The number of ether oxygens (including phenoxy) is 1. The summed E-state index contributed by atoms with van der Waals surface area (Å²) in [5, 5.41) is 4.09. The van der Waals surface area contributed by atoms with Crippen molar-refractivity contribution in [2.45, 2.75) is 25.5 Å². The van der Waals surface area contributed by atoms with E-state index in [2.05, 4.69) is 15.0 Å². The highest BCUT2D eigenvalue weighted by Gasteiger charge is 2.12. The summed E-state index contributed by atoms with van der Waals surface area (Å²) in [5.41, 5.74) is 2.47. The Bertz CT molecular complexity index is 580. The summed E-state index contributed by atoms with van der Waals surface area (Å²) in [5.74, 6) is 0.294. The normalized spacial score (nSPS) is 12.8. The molecule has 1 aromatic carbocycles. The first-order valence-electron chi connectivity index (χ1n) is 6.20. The maximum absolute atomic E-state index is 12.1. The number of nitrogens with zero attached hydrogens (tertiary/aromatic N) is 1. The molecule has 0 radical (unpaired) electrons. The van der Waals surface area contributed by atoms with Crippen LogP contribution in [0.1, 0.15) is 12.5 Å². The van der Waals surface area contributed by atoms with Crippen molar-refractivity contribution in [2.75, 3.05) is 11.9 Å². The van der Waals surface area contributed by atoms with E-state index in [9.17, 15) is 8.78 Å². The topological polar surface area (TPSA) is 34.1 Å². The number of para-hydroxylation sites is 1. The zero-order valence-corrected chi connectivity index (χ0v) is 11.7. The van der Waals surface area contributed by atoms with E-state index in [-0.39, 0.29) is 12.6 Å². The lowest BCUT2D eigenvalue weighted by Crippen LogP contribution is -2.24. The predicted octanol–water partition coefficient (Wildman–Crippen LogP) is 4.01. The number of halogens is 3. The van der Waals surface area contributed by atoms with Gasteiger partial charge in [0.2, 0.25) is 0 Å². The van der Waals surface area contributed by atoms with Gasteiger partial charge in [0.15, 0.2) is 0 Å². The quantitative estimate of drug-likeness (QED) is 0.818. The number of benzene rings is 1. The van der Waals surface area contributed by atoms with E-state index in [1.807, 2.05) is 24.3 Å². The standard InChI is InChI=1S/C14H15ClF2N2O/c1-9(8-20-14(16)17)19-13-10(6-15)7-18-12-5-3-2-4-11(12)13/h2-5,7,9,14H,6,8H2,1H3,(H,18,19)/t9-/m1/s1. The first-order valence-corrected chi connectivity index (χ1v) is 6.74. The summed E-state index contributed by atoms with van der Waals surface area (Å²) in [6.07, 6.45) is 1.69. The van der Waals surface area contributed by atoms with Gasteiger partial charge in [0.25, 0.3) is 0 Å². The number of rotatable bonds is 6. The van der Waals surface area contributed by atoms with Gasteiger partial charge in [-0.05, 0) is 13.0 Å². The SMILES string of the molecule is C[C@H](COC(F)F)Nc1c(CCl)cnc2ccccc12. The average Bonchev–Trinajstić information content (AvgIpc) is 2.45. The smallest absolute Gasteiger partial charge is 0.345 e. The van der Waals surface area contributed by atoms with Crippen LogP contribution in [0.15, 0.2) is 30.5 Å². The summed E-state index contributed by atoms with van der Waals surface area (Å²) in [6.45, 7) is -1.08. The Hall–Kier alpha value is -1.46. The molecule has 0 aliphatic rings. The second-order valence-electron chi connectivity index (χ2n) is 4.45. The fourth-order valence-corrected chi connectivity index (χ4v) is 2.16. The summed E-state index contributed by atoms with van der Waals surface area (Å²) < 4.78 is 28.4. The lowest BCUT2D eigenvalue weighted by Gasteiger charge is -2.19. The number of pyridine rings is 1. The molecule has 1 heterocycles. The van der Waals surface area contributed by atoms with E-state index in [4.69, 9.17) is 11.6 Å². The Morgan fingerprint density at radius 3 is 2.80 bits per heavy atom. The second kappa shape index (κ2) is 6.81. The van der Waals surface area contributed by atoms with Crippen molar-refractivity contribution in [1.82, 2.24) is 4.98 Å². The van der Waals surface area contributed by atoms with Gasteiger partial charge in [-0.15, -0.1) is 11.6 Å². The third-order valence-electron chi connectivity index (χ3n) is 2.86. The van der Waals surface area contributed by atoms with Crippen LogP contribution in [0.4, 0.5) is 14.5 Å². The minimum atomic E-state index is -2.76. The minimum absolute atomic E-state index is 0.0873. The van der Waals surface area contributed by atoms with Crippen molar-refractivity contribution < 1.29 is 13.5 Å². The zero-order valence-electron chi connectivity index (χ0n) is 10.9. The molecule has 0 saturated carbocycles. The highest BCUT2D eigenvalue weighted by molar-refractivity contribution is 6.17. The van der Waals surface area contributed by atoms with E-state index in [1.54, 1.807) is 13.1 Å². The lowest BCUT2D eigenvalue weighted by atomic mass is 10.1. The van der Waals surface area contributed by atoms with Crippen molar-refractivity contribution >= 4 is 28.2 Å². The molecule has 0 aliphatic heterocycles. The Morgan fingerprint density at radius 2 is 2.10 bits per heavy atom. The summed E-state index contributed by atoms with van der Waals surface area (Å²) in [7, 11) is 0. The largest absolute Gasteiger partial charge is 0.379 e.